The van der Waals surface area contributed by atoms with Gasteiger partial charge < -0.3 is 10.1 Å². The van der Waals surface area contributed by atoms with Gasteiger partial charge in [-0.3, -0.25) is 0 Å². The summed E-state index contributed by atoms with van der Waals surface area (Å²) in [7, 11) is 1.57. The smallest absolute Gasteiger partial charge is 0.410 e. The lowest BCUT2D eigenvalue weighted by molar-refractivity contribution is 0.202. The fourth-order valence-electron chi connectivity index (χ4n) is 2.48. The molecule has 92 valence electrons. The first-order valence-corrected chi connectivity index (χ1v) is 6.29. The molecule has 0 saturated heterocycles. The first-order chi connectivity index (χ1) is 8.31. The van der Waals surface area contributed by atoms with E-state index < -0.39 is 6.09 Å². The minimum atomic E-state index is -0.395. The molecule has 0 heterocycles. The largest absolute Gasteiger partial charge is 0.412 e. The Kier molecular flexibility index (Phi) is 4.02. The highest BCUT2D eigenvalue weighted by molar-refractivity contribution is 5.70. The molecule has 1 aliphatic carbocycles. The van der Waals surface area contributed by atoms with E-state index in [-0.39, 0.29) is 0 Å². The lowest BCUT2D eigenvalue weighted by atomic mass is 9.84. The summed E-state index contributed by atoms with van der Waals surface area (Å²) in [5.41, 5.74) is 1.18. The van der Waals surface area contributed by atoms with Crippen LogP contribution in [-0.4, -0.2) is 13.1 Å². The summed E-state index contributed by atoms with van der Waals surface area (Å²) in [5, 5.41) is 2.48. The molecule has 1 N–H and O–H groups in total. The summed E-state index contributed by atoms with van der Waals surface area (Å²) in [5.74, 6) is 1.25. The van der Waals surface area contributed by atoms with Crippen molar-refractivity contribution in [1.29, 1.82) is 0 Å². The van der Waals surface area contributed by atoms with Crippen molar-refractivity contribution in [2.75, 3.05) is 7.05 Å². The maximum absolute atomic E-state index is 11.3. The van der Waals surface area contributed by atoms with Crippen molar-refractivity contribution in [2.24, 2.45) is 0 Å². The average molecular weight is 233 g/mol. The van der Waals surface area contributed by atoms with E-state index in [9.17, 15) is 4.79 Å². The molecule has 1 aliphatic rings. The first kappa shape index (κ1) is 12.0. The number of hydrogen-bond acceptors (Lipinski definition) is 2. The Bertz CT molecular complexity index is 384. The Hall–Kier alpha value is -1.51. The van der Waals surface area contributed by atoms with Crippen molar-refractivity contribution in [3.63, 3.8) is 0 Å². The van der Waals surface area contributed by atoms with E-state index in [0.717, 1.165) is 0 Å². The van der Waals surface area contributed by atoms with Gasteiger partial charge in [-0.1, -0.05) is 37.5 Å². The average Bonchev–Trinajstić information content (AvgIpc) is 2.40. The van der Waals surface area contributed by atoms with Crippen LogP contribution in [0.25, 0.3) is 0 Å². The van der Waals surface area contributed by atoms with Gasteiger partial charge in [-0.15, -0.1) is 0 Å². The number of carbonyl (C=O) groups is 1. The fraction of sp³-hybridized carbons (Fsp3) is 0.500. The number of nitrogens with one attached hydrogen (secondary N) is 1. The normalized spacial score (nSPS) is 16.5. The molecular weight excluding hydrogens is 214 g/mol. The van der Waals surface area contributed by atoms with Crippen molar-refractivity contribution in [2.45, 2.75) is 38.0 Å². The predicted molar refractivity (Wildman–Crippen MR) is 67.4 cm³/mol. The highest BCUT2D eigenvalue weighted by atomic mass is 16.6. The van der Waals surface area contributed by atoms with Gasteiger partial charge in [0, 0.05) is 7.05 Å². The number of hydrogen-bond donors (Lipinski definition) is 1. The van der Waals surface area contributed by atoms with E-state index in [1.165, 1.54) is 37.7 Å². The molecular formula is C14H19NO2. The number of amides is 1. The van der Waals surface area contributed by atoms with Crippen LogP contribution < -0.4 is 10.1 Å². The van der Waals surface area contributed by atoms with Gasteiger partial charge in [-0.05, 0) is 30.4 Å². The Morgan fingerprint density at radius 3 is 2.65 bits per heavy atom. The van der Waals surface area contributed by atoms with Crippen LogP contribution in [0.5, 0.6) is 5.75 Å². The number of rotatable bonds is 2. The lowest BCUT2D eigenvalue weighted by Crippen LogP contribution is -2.23. The van der Waals surface area contributed by atoms with Crippen molar-refractivity contribution in [3.8, 4) is 5.75 Å². The van der Waals surface area contributed by atoms with Crippen molar-refractivity contribution >= 4 is 6.09 Å². The molecule has 1 fully saturated rings. The van der Waals surface area contributed by atoms with Crippen LogP contribution in [0.4, 0.5) is 4.79 Å². The molecule has 3 nitrogen and oxygen atoms in total. The third kappa shape index (κ3) is 2.99. The molecule has 0 spiro atoms. The van der Waals surface area contributed by atoms with Crippen LogP contribution in [0.2, 0.25) is 0 Å². The second-order valence-corrected chi connectivity index (χ2v) is 4.51. The fourth-order valence-corrected chi connectivity index (χ4v) is 2.48. The van der Waals surface area contributed by atoms with Crippen LogP contribution in [0.15, 0.2) is 24.3 Å². The van der Waals surface area contributed by atoms with Crippen LogP contribution in [0.3, 0.4) is 0 Å². The molecule has 0 bridgehead atoms. The van der Waals surface area contributed by atoms with Crippen molar-refractivity contribution < 1.29 is 9.53 Å². The molecule has 0 aromatic heterocycles. The summed E-state index contributed by atoms with van der Waals surface area (Å²) in [6, 6.07) is 7.87. The highest BCUT2D eigenvalue weighted by Crippen LogP contribution is 2.37. The Morgan fingerprint density at radius 1 is 1.24 bits per heavy atom. The van der Waals surface area contributed by atoms with E-state index in [2.05, 4.69) is 11.4 Å². The number of para-hydroxylation sites is 1. The molecule has 2 rings (SSSR count). The van der Waals surface area contributed by atoms with Crippen molar-refractivity contribution in [3.05, 3.63) is 29.8 Å². The van der Waals surface area contributed by atoms with Crippen molar-refractivity contribution in [1.82, 2.24) is 5.32 Å². The molecule has 1 aromatic carbocycles. The molecule has 0 aliphatic heterocycles. The van der Waals surface area contributed by atoms with Gasteiger partial charge in [-0.25, -0.2) is 4.79 Å². The monoisotopic (exact) mass is 233 g/mol. The van der Waals surface area contributed by atoms with Gasteiger partial charge in [-0.2, -0.15) is 0 Å². The van der Waals surface area contributed by atoms with Gasteiger partial charge in [0.05, 0.1) is 0 Å². The summed E-state index contributed by atoms with van der Waals surface area (Å²) in [4.78, 5) is 11.3. The Morgan fingerprint density at radius 2 is 1.94 bits per heavy atom. The number of ether oxygens (including phenoxy) is 1. The Balaban J connectivity index is 2.17. The van der Waals surface area contributed by atoms with E-state index in [4.69, 9.17) is 4.74 Å². The second kappa shape index (κ2) is 5.71. The van der Waals surface area contributed by atoms with Gasteiger partial charge in [0.25, 0.3) is 0 Å². The molecule has 17 heavy (non-hydrogen) atoms. The van der Waals surface area contributed by atoms with E-state index >= 15 is 0 Å². The van der Waals surface area contributed by atoms with Crippen LogP contribution in [0, 0.1) is 0 Å². The minimum absolute atomic E-state index is 0.395. The first-order valence-electron chi connectivity index (χ1n) is 6.29. The standard InChI is InChI=1S/C14H19NO2/c1-15-14(16)17-13-10-6-5-9-12(13)11-7-3-2-4-8-11/h5-6,9-11H,2-4,7-8H2,1H3,(H,15,16). The summed E-state index contributed by atoms with van der Waals surface area (Å²) >= 11 is 0. The van der Waals surface area contributed by atoms with Crippen LogP contribution in [0.1, 0.15) is 43.6 Å². The Labute approximate surface area is 102 Å². The molecule has 0 unspecified atom stereocenters. The maximum atomic E-state index is 11.3. The predicted octanol–water partition coefficient (Wildman–Crippen LogP) is 3.45. The van der Waals surface area contributed by atoms with Gasteiger partial charge in [0.2, 0.25) is 0 Å². The van der Waals surface area contributed by atoms with Gasteiger partial charge in [0.1, 0.15) is 5.75 Å². The zero-order valence-corrected chi connectivity index (χ0v) is 10.2. The van der Waals surface area contributed by atoms with Crippen LogP contribution in [-0.2, 0) is 0 Å². The maximum Gasteiger partial charge on any atom is 0.412 e. The second-order valence-electron chi connectivity index (χ2n) is 4.51. The zero-order valence-electron chi connectivity index (χ0n) is 10.2. The summed E-state index contributed by atoms with van der Waals surface area (Å²) < 4.78 is 5.30. The lowest BCUT2D eigenvalue weighted by Gasteiger charge is -2.23. The molecule has 1 amide bonds. The summed E-state index contributed by atoms with van der Waals surface area (Å²) in [6.07, 6.45) is 5.89. The van der Waals surface area contributed by atoms with Gasteiger partial charge >= 0.3 is 6.09 Å². The SMILES string of the molecule is CNC(=O)Oc1ccccc1C1CCCCC1. The highest BCUT2D eigenvalue weighted by Gasteiger charge is 2.19. The van der Waals surface area contributed by atoms with E-state index in [0.29, 0.717) is 11.7 Å². The third-order valence-corrected chi connectivity index (χ3v) is 3.37. The number of benzene rings is 1. The van der Waals surface area contributed by atoms with Crippen LogP contribution >= 0.6 is 0 Å². The molecule has 0 radical (unpaired) electrons. The molecule has 3 heteroatoms. The number of carbonyl (C=O) groups excluding carboxylic acids is 1. The molecule has 1 saturated carbocycles. The summed E-state index contributed by atoms with van der Waals surface area (Å²) in [6.45, 7) is 0. The third-order valence-electron chi connectivity index (χ3n) is 3.37. The quantitative estimate of drug-likeness (QED) is 0.849. The van der Waals surface area contributed by atoms with Gasteiger partial charge in [0.15, 0.2) is 0 Å². The minimum Gasteiger partial charge on any atom is -0.410 e. The topological polar surface area (TPSA) is 38.3 Å². The molecule has 1 aromatic rings. The van der Waals surface area contributed by atoms with E-state index in [1.54, 1.807) is 7.05 Å². The molecule has 0 atom stereocenters. The zero-order chi connectivity index (χ0) is 12.1. The van der Waals surface area contributed by atoms with E-state index in [1.807, 2.05) is 18.2 Å².